The van der Waals surface area contributed by atoms with E-state index < -0.39 is 21.5 Å². The molecule has 21 heavy (non-hydrogen) atoms. The number of hydrogen-bond acceptors (Lipinski definition) is 4. The summed E-state index contributed by atoms with van der Waals surface area (Å²) in [4.78, 5) is 11.7. The predicted octanol–water partition coefficient (Wildman–Crippen LogP) is 2.14. The highest BCUT2D eigenvalue weighted by atomic mass is 79.9. The lowest BCUT2D eigenvalue weighted by Crippen LogP contribution is -2.31. The fourth-order valence-corrected chi connectivity index (χ4v) is 4.06. The van der Waals surface area contributed by atoms with Crippen molar-refractivity contribution in [3.05, 3.63) is 28.2 Å². The average Bonchev–Trinajstić information content (AvgIpc) is 2.34. The number of amides is 1. The van der Waals surface area contributed by atoms with Crippen molar-refractivity contribution in [2.45, 2.75) is 20.4 Å². The molecule has 0 aromatic heterocycles. The van der Waals surface area contributed by atoms with E-state index in [1.807, 2.05) is 26.0 Å². The number of nitrogens with one attached hydrogen (secondary N) is 1. The van der Waals surface area contributed by atoms with E-state index in [0.29, 0.717) is 5.75 Å². The summed E-state index contributed by atoms with van der Waals surface area (Å²) in [5.74, 6) is -0.218. The minimum Gasteiger partial charge on any atom is -0.496 e. The second-order valence-electron chi connectivity index (χ2n) is 5.19. The zero-order chi connectivity index (χ0) is 16.0. The van der Waals surface area contributed by atoms with Crippen LogP contribution in [0.15, 0.2) is 22.7 Å². The number of halogens is 1. The highest BCUT2D eigenvalue weighted by molar-refractivity contribution is 9.10. The highest BCUT2D eigenvalue weighted by Crippen LogP contribution is 2.25. The van der Waals surface area contributed by atoms with Crippen molar-refractivity contribution in [3.8, 4) is 5.75 Å². The van der Waals surface area contributed by atoms with Crippen LogP contribution in [0.5, 0.6) is 5.75 Å². The molecule has 0 bridgehead atoms. The lowest BCUT2D eigenvalue weighted by Gasteiger charge is -2.09. The quantitative estimate of drug-likeness (QED) is 0.789. The smallest absolute Gasteiger partial charge is 0.235 e. The van der Waals surface area contributed by atoms with Crippen molar-refractivity contribution in [1.82, 2.24) is 5.32 Å². The Balaban J connectivity index is 2.55. The fraction of sp³-hybridized carbons (Fsp3) is 0.500. The van der Waals surface area contributed by atoms with Crippen LogP contribution in [0.4, 0.5) is 0 Å². The summed E-state index contributed by atoms with van der Waals surface area (Å²) in [7, 11) is -1.77. The minimum atomic E-state index is -3.34. The number of carbonyl (C=O) groups excluding carboxylic acids is 1. The van der Waals surface area contributed by atoms with Crippen molar-refractivity contribution in [1.29, 1.82) is 0 Å². The molecule has 0 atom stereocenters. The van der Waals surface area contributed by atoms with Crippen LogP contribution in [-0.4, -0.2) is 32.9 Å². The van der Waals surface area contributed by atoms with Crippen LogP contribution in [0, 0.1) is 5.92 Å². The normalized spacial score (nSPS) is 11.5. The maximum absolute atomic E-state index is 11.7. The van der Waals surface area contributed by atoms with E-state index >= 15 is 0 Å². The SMILES string of the molecule is COc1ccc(CNC(=O)CS(=O)(=O)CC(C)C)cc1Br. The number of benzene rings is 1. The van der Waals surface area contributed by atoms with Crippen LogP contribution in [0.2, 0.25) is 0 Å². The van der Waals surface area contributed by atoms with Crippen LogP contribution in [0.25, 0.3) is 0 Å². The molecule has 1 aromatic rings. The molecule has 1 N–H and O–H groups in total. The summed E-state index contributed by atoms with van der Waals surface area (Å²) in [5, 5.41) is 2.61. The van der Waals surface area contributed by atoms with E-state index in [4.69, 9.17) is 4.74 Å². The first-order valence-corrected chi connectivity index (χ1v) is 9.14. The molecule has 0 fully saturated rings. The lowest BCUT2D eigenvalue weighted by atomic mass is 10.2. The molecule has 0 unspecified atom stereocenters. The summed E-state index contributed by atoms with van der Waals surface area (Å²) in [6, 6.07) is 5.41. The van der Waals surface area contributed by atoms with Crippen molar-refractivity contribution in [3.63, 3.8) is 0 Å². The first kappa shape index (κ1) is 18.0. The van der Waals surface area contributed by atoms with Crippen molar-refractivity contribution in [2.24, 2.45) is 5.92 Å². The monoisotopic (exact) mass is 377 g/mol. The molecule has 7 heteroatoms. The number of methoxy groups -OCH3 is 1. The van der Waals surface area contributed by atoms with E-state index in [-0.39, 0.29) is 18.2 Å². The number of ether oxygens (including phenoxy) is 1. The molecule has 0 heterocycles. The van der Waals surface area contributed by atoms with Crippen LogP contribution < -0.4 is 10.1 Å². The van der Waals surface area contributed by atoms with Gasteiger partial charge in [-0.2, -0.15) is 0 Å². The molecule has 0 aliphatic rings. The average molecular weight is 378 g/mol. The van der Waals surface area contributed by atoms with Gasteiger partial charge in [0.2, 0.25) is 5.91 Å². The third-order valence-corrected chi connectivity index (χ3v) is 5.14. The fourth-order valence-electron chi connectivity index (χ4n) is 1.84. The van der Waals surface area contributed by atoms with Gasteiger partial charge in [-0.1, -0.05) is 19.9 Å². The molecule has 5 nitrogen and oxygen atoms in total. The molecule has 0 saturated heterocycles. The molecular weight excluding hydrogens is 358 g/mol. The Bertz CT molecular complexity index is 599. The molecule has 118 valence electrons. The number of carbonyl (C=O) groups is 1. The zero-order valence-electron chi connectivity index (χ0n) is 12.3. The Labute approximate surface area is 134 Å². The van der Waals surface area contributed by atoms with Crippen LogP contribution in [-0.2, 0) is 21.2 Å². The Hall–Kier alpha value is -1.08. The first-order valence-electron chi connectivity index (χ1n) is 6.53. The molecule has 0 aliphatic carbocycles. The Morgan fingerprint density at radius 3 is 2.57 bits per heavy atom. The second kappa shape index (κ2) is 7.79. The number of hydrogen-bond donors (Lipinski definition) is 1. The molecule has 0 aliphatic heterocycles. The maximum atomic E-state index is 11.7. The molecule has 0 radical (unpaired) electrons. The van der Waals surface area contributed by atoms with Gasteiger partial charge in [0.15, 0.2) is 9.84 Å². The second-order valence-corrected chi connectivity index (χ2v) is 8.16. The molecular formula is C14H20BrNO4S. The summed E-state index contributed by atoms with van der Waals surface area (Å²) in [6.45, 7) is 3.90. The minimum absolute atomic E-state index is 0.0142. The first-order chi connectivity index (χ1) is 9.73. The lowest BCUT2D eigenvalue weighted by molar-refractivity contribution is -0.118. The Morgan fingerprint density at radius 2 is 2.05 bits per heavy atom. The van der Waals surface area contributed by atoms with Gasteiger partial charge in [0.1, 0.15) is 11.5 Å². The van der Waals surface area contributed by atoms with E-state index in [2.05, 4.69) is 21.2 Å². The van der Waals surface area contributed by atoms with E-state index in [1.54, 1.807) is 13.2 Å². The third-order valence-electron chi connectivity index (χ3n) is 2.64. The van der Waals surface area contributed by atoms with Gasteiger partial charge < -0.3 is 10.1 Å². The van der Waals surface area contributed by atoms with Crippen molar-refractivity contribution in [2.75, 3.05) is 18.6 Å². The number of rotatable bonds is 7. The van der Waals surface area contributed by atoms with Gasteiger partial charge in [-0.3, -0.25) is 4.79 Å². The van der Waals surface area contributed by atoms with Crippen LogP contribution in [0.1, 0.15) is 19.4 Å². The van der Waals surface area contributed by atoms with E-state index in [1.165, 1.54) is 0 Å². The van der Waals surface area contributed by atoms with Gasteiger partial charge in [0, 0.05) is 6.54 Å². The van der Waals surface area contributed by atoms with Crippen molar-refractivity contribution >= 4 is 31.7 Å². The van der Waals surface area contributed by atoms with Gasteiger partial charge in [-0.05, 0) is 39.5 Å². The van der Waals surface area contributed by atoms with Gasteiger partial charge in [-0.15, -0.1) is 0 Å². The van der Waals surface area contributed by atoms with Gasteiger partial charge >= 0.3 is 0 Å². The summed E-state index contributed by atoms with van der Waals surface area (Å²) >= 11 is 3.36. The molecule has 1 aromatic carbocycles. The standard InChI is InChI=1S/C14H20BrNO4S/c1-10(2)8-21(18,19)9-14(17)16-7-11-4-5-13(20-3)12(15)6-11/h4-6,10H,7-9H2,1-3H3,(H,16,17). The summed E-state index contributed by atoms with van der Waals surface area (Å²) in [5.41, 5.74) is 0.859. The van der Waals surface area contributed by atoms with Gasteiger partial charge in [0.25, 0.3) is 0 Å². The van der Waals surface area contributed by atoms with E-state index in [0.717, 1.165) is 10.0 Å². The topological polar surface area (TPSA) is 72.5 Å². The third kappa shape index (κ3) is 6.48. The molecule has 1 amide bonds. The van der Waals surface area contributed by atoms with Gasteiger partial charge in [-0.25, -0.2) is 8.42 Å². The Morgan fingerprint density at radius 1 is 1.38 bits per heavy atom. The molecule has 0 saturated carbocycles. The molecule has 0 spiro atoms. The predicted molar refractivity (Wildman–Crippen MR) is 86.0 cm³/mol. The van der Waals surface area contributed by atoms with Crippen LogP contribution in [0.3, 0.4) is 0 Å². The van der Waals surface area contributed by atoms with E-state index in [9.17, 15) is 13.2 Å². The number of sulfone groups is 1. The Kier molecular flexibility index (Phi) is 6.67. The summed E-state index contributed by atoms with van der Waals surface area (Å²) < 4.78 is 29.3. The zero-order valence-corrected chi connectivity index (χ0v) is 14.8. The maximum Gasteiger partial charge on any atom is 0.235 e. The largest absolute Gasteiger partial charge is 0.496 e. The van der Waals surface area contributed by atoms with Crippen molar-refractivity contribution < 1.29 is 17.9 Å². The molecule has 1 rings (SSSR count). The summed E-state index contributed by atoms with van der Waals surface area (Å²) in [6.07, 6.45) is 0. The van der Waals surface area contributed by atoms with Gasteiger partial charge in [0.05, 0.1) is 17.3 Å². The highest BCUT2D eigenvalue weighted by Gasteiger charge is 2.18. The van der Waals surface area contributed by atoms with Crippen LogP contribution >= 0.6 is 15.9 Å².